The lowest BCUT2D eigenvalue weighted by Gasteiger charge is -2.06. The van der Waals surface area contributed by atoms with Gasteiger partial charge in [0.05, 0.1) is 4.88 Å². The molecule has 0 saturated carbocycles. The minimum absolute atomic E-state index is 0.346. The molecule has 0 aliphatic heterocycles. The molecule has 1 aromatic carbocycles. The van der Waals surface area contributed by atoms with Crippen molar-refractivity contribution in [3.8, 4) is 28.0 Å². The number of benzene rings is 1. The van der Waals surface area contributed by atoms with Gasteiger partial charge < -0.3 is 9.52 Å². The summed E-state index contributed by atoms with van der Waals surface area (Å²) in [7, 11) is 0. The molecule has 23 heavy (non-hydrogen) atoms. The first-order chi connectivity index (χ1) is 11.1. The highest BCUT2D eigenvalue weighted by Gasteiger charge is 2.15. The van der Waals surface area contributed by atoms with Gasteiger partial charge >= 0.3 is 0 Å². The van der Waals surface area contributed by atoms with E-state index in [1.165, 1.54) is 4.88 Å². The molecule has 0 saturated heterocycles. The van der Waals surface area contributed by atoms with Crippen LogP contribution in [-0.4, -0.2) is 15.3 Å². The molecular formula is C18H20N2O2S. The second-order valence-corrected chi connectivity index (χ2v) is 6.75. The third-order valence-electron chi connectivity index (χ3n) is 3.80. The minimum Gasteiger partial charge on any atom is -0.507 e. The number of hydrogen-bond acceptors (Lipinski definition) is 5. The zero-order chi connectivity index (χ0) is 16.4. The molecule has 4 nitrogen and oxygen atoms in total. The first-order valence-electron chi connectivity index (χ1n) is 7.87. The molecule has 0 unspecified atom stereocenters. The Kier molecular flexibility index (Phi) is 4.48. The fourth-order valence-electron chi connectivity index (χ4n) is 2.56. The van der Waals surface area contributed by atoms with Gasteiger partial charge in [0.1, 0.15) is 5.75 Å². The molecule has 0 amide bonds. The average Bonchev–Trinajstić information content (AvgIpc) is 3.19. The standard InChI is InChI=1S/C18H20N2O2S/c1-4-6-14-7-8-15(23-14)18-20-19-17(22-18)13-9-11(3)16(21)12(5-2)10-13/h7-10,21H,4-6H2,1-3H3. The van der Waals surface area contributed by atoms with E-state index in [1.807, 2.05) is 32.0 Å². The third kappa shape index (κ3) is 3.15. The van der Waals surface area contributed by atoms with E-state index in [0.717, 1.165) is 40.8 Å². The molecule has 0 aliphatic carbocycles. The number of nitrogens with zero attached hydrogens (tertiary/aromatic N) is 2. The third-order valence-corrected chi connectivity index (χ3v) is 4.93. The lowest BCUT2D eigenvalue weighted by atomic mass is 10.0. The largest absolute Gasteiger partial charge is 0.507 e. The van der Waals surface area contributed by atoms with E-state index in [4.69, 9.17) is 4.42 Å². The summed E-state index contributed by atoms with van der Waals surface area (Å²) in [6.07, 6.45) is 2.96. The van der Waals surface area contributed by atoms with Crippen molar-refractivity contribution in [2.45, 2.75) is 40.0 Å². The average molecular weight is 328 g/mol. The molecular weight excluding hydrogens is 308 g/mol. The van der Waals surface area contributed by atoms with Crippen LogP contribution in [0.2, 0.25) is 0 Å². The predicted molar refractivity (Wildman–Crippen MR) is 92.8 cm³/mol. The molecule has 2 heterocycles. The van der Waals surface area contributed by atoms with Crippen molar-refractivity contribution in [3.05, 3.63) is 40.3 Å². The van der Waals surface area contributed by atoms with Crippen molar-refractivity contribution in [2.24, 2.45) is 0 Å². The Labute approximate surface area is 139 Å². The van der Waals surface area contributed by atoms with Gasteiger partial charge in [-0.05, 0) is 55.2 Å². The Hall–Kier alpha value is -2.14. The fraction of sp³-hybridized carbons (Fsp3) is 0.333. The second kappa shape index (κ2) is 6.54. The van der Waals surface area contributed by atoms with Crippen LogP contribution in [0.4, 0.5) is 0 Å². The van der Waals surface area contributed by atoms with Crippen LogP contribution in [0.15, 0.2) is 28.7 Å². The number of thiophene rings is 1. The van der Waals surface area contributed by atoms with Crippen molar-refractivity contribution in [1.82, 2.24) is 10.2 Å². The normalized spacial score (nSPS) is 11.1. The van der Waals surface area contributed by atoms with Crippen LogP contribution < -0.4 is 0 Å². The Morgan fingerprint density at radius 2 is 1.91 bits per heavy atom. The lowest BCUT2D eigenvalue weighted by molar-refractivity contribution is 0.464. The van der Waals surface area contributed by atoms with Gasteiger partial charge in [-0.2, -0.15) is 0 Å². The van der Waals surface area contributed by atoms with Gasteiger partial charge in [-0.15, -0.1) is 21.5 Å². The van der Waals surface area contributed by atoms with Crippen molar-refractivity contribution in [2.75, 3.05) is 0 Å². The lowest BCUT2D eigenvalue weighted by Crippen LogP contribution is -1.88. The van der Waals surface area contributed by atoms with Gasteiger partial charge in [-0.3, -0.25) is 0 Å². The van der Waals surface area contributed by atoms with Gasteiger partial charge in [0, 0.05) is 10.4 Å². The number of phenolic OH excluding ortho intramolecular Hbond substituents is 1. The Balaban J connectivity index is 1.93. The zero-order valence-corrected chi connectivity index (χ0v) is 14.4. The summed E-state index contributed by atoms with van der Waals surface area (Å²) in [4.78, 5) is 2.33. The Morgan fingerprint density at radius 3 is 2.65 bits per heavy atom. The summed E-state index contributed by atoms with van der Waals surface area (Å²) in [5.74, 6) is 1.39. The molecule has 3 aromatic rings. The highest BCUT2D eigenvalue weighted by Crippen LogP contribution is 2.33. The summed E-state index contributed by atoms with van der Waals surface area (Å²) in [5.41, 5.74) is 2.56. The van der Waals surface area contributed by atoms with E-state index in [0.29, 0.717) is 17.5 Å². The molecule has 0 aliphatic rings. The summed E-state index contributed by atoms with van der Waals surface area (Å²) < 4.78 is 5.85. The second-order valence-electron chi connectivity index (χ2n) is 5.58. The maximum absolute atomic E-state index is 10.0. The van der Waals surface area contributed by atoms with Crippen LogP contribution in [0.5, 0.6) is 5.75 Å². The van der Waals surface area contributed by atoms with Crippen molar-refractivity contribution in [3.63, 3.8) is 0 Å². The van der Waals surface area contributed by atoms with Crippen molar-refractivity contribution < 1.29 is 9.52 Å². The van der Waals surface area contributed by atoms with E-state index in [2.05, 4.69) is 23.2 Å². The van der Waals surface area contributed by atoms with Crippen LogP contribution in [0.3, 0.4) is 0 Å². The highest BCUT2D eigenvalue weighted by atomic mass is 32.1. The van der Waals surface area contributed by atoms with Gasteiger partial charge in [-0.25, -0.2) is 0 Å². The number of aryl methyl sites for hydroxylation is 3. The van der Waals surface area contributed by atoms with Crippen LogP contribution in [0, 0.1) is 6.92 Å². The smallest absolute Gasteiger partial charge is 0.258 e. The predicted octanol–water partition coefficient (Wildman–Crippen LogP) is 4.99. The van der Waals surface area contributed by atoms with Gasteiger partial charge in [0.15, 0.2) is 0 Å². The van der Waals surface area contributed by atoms with Gasteiger partial charge in [0.2, 0.25) is 5.89 Å². The van der Waals surface area contributed by atoms with E-state index in [-0.39, 0.29) is 0 Å². The molecule has 5 heteroatoms. The van der Waals surface area contributed by atoms with Crippen molar-refractivity contribution >= 4 is 11.3 Å². The highest BCUT2D eigenvalue weighted by molar-refractivity contribution is 7.15. The minimum atomic E-state index is 0.346. The molecule has 0 fully saturated rings. The van der Waals surface area contributed by atoms with E-state index >= 15 is 0 Å². The molecule has 0 atom stereocenters. The quantitative estimate of drug-likeness (QED) is 0.716. The zero-order valence-electron chi connectivity index (χ0n) is 13.6. The molecule has 3 rings (SSSR count). The van der Waals surface area contributed by atoms with Gasteiger partial charge in [-0.1, -0.05) is 20.3 Å². The maximum atomic E-state index is 10.0. The molecule has 2 aromatic heterocycles. The molecule has 0 bridgehead atoms. The maximum Gasteiger partial charge on any atom is 0.258 e. The monoisotopic (exact) mass is 328 g/mol. The number of rotatable bonds is 5. The van der Waals surface area contributed by atoms with Crippen LogP contribution >= 0.6 is 11.3 Å². The van der Waals surface area contributed by atoms with Crippen LogP contribution in [0.25, 0.3) is 22.2 Å². The summed E-state index contributed by atoms with van der Waals surface area (Å²) in [5, 5.41) is 18.4. The Bertz CT molecular complexity index is 820. The number of phenols is 1. The van der Waals surface area contributed by atoms with Crippen LogP contribution in [0.1, 0.15) is 36.3 Å². The van der Waals surface area contributed by atoms with E-state index in [1.54, 1.807) is 11.3 Å². The number of aromatic hydroxyl groups is 1. The number of aromatic nitrogens is 2. The van der Waals surface area contributed by atoms with Crippen molar-refractivity contribution in [1.29, 1.82) is 0 Å². The first kappa shape index (κ1) is 15.7. The SMILES string of the molecule is CCCc1ccc(-c2nnc(-c3cc(C)c(O)c(CC)c3)o2)s1. The molecule has 0 spiro atoms. The summed E-state index contributed by atoms with van der Waals surface area (Å²) in [6, 6.07) is 7.94. The summed E-state index contributed by atoms with van der Waals surface area (Å²) in [6.45, 7) is 6.06. The molecule has 1 N–H and O–H groups in total. The first-order valence-corrected chi connectivity index (χ1v) is 8.69. The van der Waals surface area contributed by atoms with E-state index in [9.17, 15) is 5.11 Å². The Morgan fingerprint density at radius 1 is 1.13 bits per heavy atom. The van der Waals surface area contributed by atoms with Crippen LogP contribution in [-0.2, 0) is 12.8 Å². The van der Waals surface area contributed by atoms with Gasteiger partial charge in [0.25, 0.3) is 5.89 Å². The summed E-state index contributed by atoms with van der Waals surface area (Å²) >= 11 is 1.70. The van der Waals surface area contributed by atoms with E-state index < -0.39 is 0 Å². The topological polar surface area (TPSA) is 59.2 Å². The molecule has 0 radical (unpaired) electrons. The number of hydrogen-bond donors (Lipinski definition) is 1. The fourth-order valence-corrected chi connectivity index (χ4v) is 3.59. The molecule has 120 valence electrons.